The first-order valence-electron chi connectivity index (χ1n) is 5.05. The molecule has 0 fully saturated rings. The van der Waals surface area contributed by atoms with Crippen molar-refractivity contribution < 1.29 is 24.2 Å². The van der Waals surface area contributed by atoms with Gasteiger partial charge in [-0.1, -0.05) is 12.1 Å². The molecular formula is C11H12N2O5. The maximum absolute atomic E-state index is 11.1. The molecule has 4 N–H and O–H groups in total. The molecule has 0 bridgehead atoms. The van der Waals surface area contributed by atoms with Crippen LogP contribution in [0, 0.1) is 0 Å². The van der Waals surface area contributed by atoms with Crippen molar-refractivity contribution in [2.24, 2.45) is 5.73 Å². The van der Waals surface area contributed by atoms with Crippen molar-refractivity contribution in [3.05, 3.63) is 29.8 Å². The summed E-state index contributed by atoms with van der Waals surface area (Å²) in [5.41, 5.74) is 4.76. The van der Waals surface area contributed by atoms with Crippen LogP contribution in [-0.4, -0.2) is 29.6 Å². The molecule has 3 amide bonds. The Morgan fingerprint density at radius 1 is 1.28 bits per heavy atom. The zero-order valence-corrected chi connectivity index (χ0v) is 9.38. The molecule has 0 spiro atoms. The van der Waals surface area contributed by atoms with Crippen LogP contribution in [0.1, 0.15) is 16.8 Å². The summed E-state index contributed by atoms with van der Waals surface area (Å²) in [6, 6.07) is 5.11. The van der Waals surface area contributed by atoms with Crippen LogP contribution in [0.4, 0.5) is 4.79 Å². The van der Waals surface area contributed by atoms with Crippen LogP contribution in [0.2, 0.25) is 0 Å². The largest absolute Gasteiger partial charge is 0.492 e. The summed E-state index contributed by atoms with van der Waals surface area (Å²) in [7, 11) is 0. The highest BCUT2D eigenvalue weighted by Gasteiger charge is 2.11. The molecule has 1 rings (SSSR count). The number of primary amides is 1. The lowest BCUT2D eigenvalue weighted by Gasteiger charge is -2.08. The van der Waals surface area contributed by atoms with E-state index in [0.29, 0.717) is 0 Å². The Bertz CT molecular complexity index is 472. The van der Waals surface area contributed by atoms with Gasteiger partial charge in [0.2, 0.25) is 5.91 Å². The molecule has 0 aromatic heterocycles. The maximum atomic E-state index is 11.1. The number of carbonyl (C=O) groups excluding carboxylic acids is 2. The second-order valence-electron chi connectivity index (χ2n) is 3.31. The monoisotopic (exact) mass is 252 g/mol. The zero-order chi connectivity index (χ0) is 13.5. The van der Waals surface area contributed by atoms with Crippen molar-refractivity contribution >= 4 is 17.9 Å². The quantitative estimate of drug-likeness (QED) is 0.698. The van der Waals surface area contributed by atoms with Crippen molar-refractivity contribution in [2.75, 3.05) is 6.61 Å². The number of nitrogens with one attached hydrogen (secondary N) is 1. The van der Waals surface area contributed by atoms with Gasteiger partial charge in [-0.2, -0.15) is 0 Å². The first-order chi connectivity index (χ1) is 8.50. The van der Waals surface area contributed by atoms with E-state index in [4.69, 9.17) is 15.6 Å². The lowest BCUT2D eigenvalue weighted by molar-refractivity contribution is -0.120. The van der Waals surface area contributed by atoms with E-state index in [2.05, 4.69) is 0 Å². The van der Waals surface area contributed by atoms with E-state index in [1.165, 1.54) is 12.1 Å². The third-order valence-corrected chi connectivity index (χ3v) is 1.97. The summed E-state index contributed by atoms with van der Waals surface area (Å²) in [6.45, 7) is -0.0522. The Balaban J connectivity index is 2.51. The van der Waals surface area contributed by atoms with Crippen molar-refractivity contribution in [2.45, 2.75) is 6.42 Å². The summed E-state index contributed by atoms with van der Waals surface area (Å²) in [5.74, 6) is -1.54. The number of aromatic carboxylic acids is 1. The number of para-hydroxylation sites is 1. The van der Waals surface area contributed by atoms with E-state index in [0.717, 1.165) is 0 Å². The number of ether oxygens (including phenoxy) is 1. The molecule has 1 aromatic carbocycles. The SMILES string of the molecule is NC(=O)NC(=O)CCOc1ccccc1C(=O)O. The molecule has 0 atom stereocenters. The number of urea groups is 1. The van der Waals surface area contributed by atoms with Gasteiger partial charge in [0.05, 0.1) is 13.0 Å². The average molecular weight is 252 g/mol. The Kier molecular flexibility index (Phi) is 4.67. The number of hydrogen-bond acceptors (Lipinski definition) is 4. The van der Waals surface area contributed by atoms with Gasteiger partial charge in [0, 0.05) is 0 Å². The number of carbonyl (C=O) groups is 3. The van der Waals surface area contributed by atoms with Gasteiger partial charge >= 0.3 is 12.0 Å². The molecule has 0 unspecified atom stereocenters. The van der Waals surface area contributed by atoms with E-state index in [-0.39, 0.29) is 24.3 Å². The van der Waals surface area contributed by atoms with E-state index >= 15 is 0 Å². The number of carboxylic acid groups (broad SMARTS) is 1. The number of hydrogen-bond donors (Lipinski definition) is 3. The minimum atomic E-state index is -1.12. The Labute approximate surface area is 103 Å². The lowest BCUT2D eigenvalue weighted by Crippen LogP contribution is -2.35. The molecule has 7 nitrogen and oxygen atoms in total. The molecule has 0 saturated heterocycles. The van der Waals surface area contributed by atoms with Crippen LogP contribution in [-0.2, 0) is 4.79 Å². The van der Waals surface area contributed by atoms with Crippen molar-refractivity contribution in [3.8, 4) is 5.75 Å². The minimum absolute atomic E-state index is 0.00723. The first kappa shape index (κ1) is 13.5. The van der Waals surface area contributed by atoms with Gasteiger partial charge in [0.25, 0.3) is 0 Å². The number of imide groups is 1. The molecular weight excluding hydrogens is 240 g/mol. The second-order valence-corrected chi connectivity index (χ2v) is 3.31. The Morgan fingerprint density at radius 2 is 1.94 bits per heavy atom. The summed E-state index contributed by atoms with van der Waals surface area (Å²) < 4.78 is 5.16. The van der Waals surface area contributed by atoms with Crippen molar-refractivity contribution in [1.82, 2.24) is 5.32 Å². The van der Waals surface area contributed by atoms with Gasteiger partial charge in [0.1, 0.15) is 11.3 Å². The Hall–Kier alpha value is -2.57. The average Bonchev–Trinajstić information content (AvgIpc) is 2.28. The van der Waals surface area contributed by atoms with E-state index in [1.807, 2.05) is 5.32 Å². The molecule has 7 heteroatoms. The first-order valence-corrected chi connectivity index (χ1v) is 5.05. The summed E-state index contributed by atoms with van der Waals surface area (Å²) >= 11 is 0. The van der Waals surface area contributed by atoms with Gasteiger partial charge < -0.3 is 15.6 Å². The number of benzene rings is 1. The predicted molar refractivity (Wildman–Crippen MR) is 61.2 cm³/mol. The number of rotatable bonds is 5. The predicted octanol–water partition coefficient (Wildman–Crippen LogP) is 0.349. The fraction of sp³-hybridized carbons (Fsp3) is 0.182. The van der Waals surface area contributed by atoms with Crippen LogP contribution >= 0.6 is 0 Å². The standard InChI is InChI=1S/C11H12N2O5/c12-11(17)13-9(14)5-6-18-8-4-2-1-3-7(8)10(15)16/h1-4H,5-6H2,(H,15,16)(H3,12,13,14,17). The van der Waals surface area contributed by atoms with E-state index in [1.54, 1.807) is 12.1 Å². The molecule has 0 heterocycles. The fourth-order valence-corrected chi connectivity index (χ4v) is 1.22. The molecule has 0 aliphatic heterocycles. The summed E-state index contributed by atoms with van der Waals surface area (Å²) in [5, 5.41) is 10.7. The second kappa shape index (κ2) is 6.24. The highest BCUT2D eigenvalue weighted by molar-refractivity contribution is 5.93. The van der Waals surface area contributed by atoms with Crippen LogP contribution in [0.3, 0.4) is 0 Å². The lowest BCUT2D eigenvalue weighted by atomic mass is 10.2. The number of amides is 3. The highest BCUT2D eigenvalue weighted by atomic mass is 16.5. The molecule has 1 aromatic rings. The van der Waals surface area contributed by atoms with Crippen LogP contribution in [0.15, 0.2) is 24.3 Å². The maximum Gasteiger partial charge on any atom is 0.339 e. The van der Waals surface area contributed by atoms with Gasteiger partial charge in [-0.05, 0) is 12.1 Å². The third kappa shape index (κ3) is 4.12. The molecule has 0 aliphatic carbocycles. The van der Waals surface area contributed by atoms with Crippen LogP contribution in [0.25, 0.3) is 0 Å². The normalized spacial score (nSPS) is 9.56. The van der Waals surface area contributed by atoms with Gasteiger partial charge in [-0.15, -0.1) is 0 Å². The van der Waals surface area contributed by atoms with Gasteiger partial charge in [-0.3, -0.25) is 10.1 Å². The molecule has 18 heavy (non-hydrogen) atoms. The van der Waals surface area contributed by atoms with Gasteiger partial charge in [-0.25, -0.2) is 9.59 Å². The topological polar surface area (TPSA) is 119 Å². The molecule has 0 saturated carbocycles. The summed E-state index contributed by atoms with van der Waals surface area (Å²) in [6.07, 6.45) is -0.100. The van der Waals surface area contributed by atoms with E-state index < -0.39 is 17.9 Å². The van der Waals surface area contributed by atoms with E-state index in [9.17, 15) is 14.4 Å². The number of carboxylic acids is 1. The van der Waals surface area contributed by atoms with Gasteiger partial charge in [0.15, 0.2) is 0 Å². The molecule has 96 valence electrons. The smallest absolute Gasteiger partial charge is 0.339 e. The van der Waals surface area contributed by atoms with Crippen LogP contribution < -0.4 is 15.8 Å². The number of nitrogens with two attached hydrogens (primary N) is 1. The third-order valence-electron chi connectivity index (χ3n) is 1.97. The molecule has 0 radical (unpaired) electrons. The zero-order valence-electron chi connectivity index (χ0n) is 9.38. The minimum Gasteiger partial charge on any atom is -0.492 e. The van der Waals surface area contributed by atoms with Crippen LogP contribution in [0.5, 0.6) is 5.75 Å². The molecule has 0 aliphatic rings. The summed E-state index contributed by atoms with van der Waals surface area (Å²) in [4.78, 5) is 32.3. The highest BCUT2D eigenvalue weighted by Crippen LogP contribution is 2.17. The Morgan fingerprint density at radius 3 is 2.56 bits per heavy atom. The van der Waals surface area contributed by atoms with Crippen molar-refractivity contribution in [3.63, 3.8) is 0 Å². The fourth-order valence-electron chi connectivity index (χ4n) is 1.22. The van der Waals surface area contributed by atoms with Crippen molar-refractivity contribution in [1.29, 1.82) is 0 Å².